The van der Waals surface area contributed by atoms with E-state index in [1.165, 1.54) is 40.1 Å². The molecule has 1 aromatic heterocycles. The van der Waals surface area contributed by atoms with Crippen LogP contribution in [0, 0.1) is 0 Å². The van der Waals surface area contributed by atoms with Gasteiger partial charge < -0.3 is 10.0 Å². The van der Waals surface area contributed by atoms with E-state index < -0.39 is 21.4 Å². The van der Waals surface area contributed by atoms with Crippen LogP contribution in [-0.4, -0.2) is 65.1 Å². The van der Waals surface area contributed by atoms with E-state index >= 15 is 0 Å². The van der Waals surface area contributed by atoms with Crippen LogP contribution in [0.1, 0.15) is 47.4 Å². The maximum atomic E-state index is 13.1. The minimum absolute atomic E-state index is 0.0225. The number of hydrogen-bond acceptors (Lipinski definition) is 8. The number of ketones is 1. The molecule has 1 N–H and O–H groups in total. The fraction of sp³-hybridized carbons (Fsp3) is 0.360. The highest BCUT2D eigenvalue weighted by Crippen LogP contribution is 2.43. The van der Waals surface area contributed by atoms with Crippen LogP contribution in [0.4, 0.5) is 5.13 Å². The van der Waals surface area contributed by atoms with E-state index in [-0.39, 0.29) is 29.3 Å². The molecule has 0 amide bonds. The van der Waals surface area contributed by atoms with E-state index in [1.54, 1.807) is 0 Å². The highest BCUT2D eigenvalue weighted by atomic mass is 32.2. The molecule has 0 bridgehead atoms. The SMILES string of the molecule is O=C1CCC(c2ccccc2)(c2nsc(N3CCN(S(=O)(=O)c4cccc(C(=O)O)c4)CC3)n2)CC1. The van der Waals surface area contributed by atoms with E-state index in [2.05, 4.69) is 12.1 Å². The molecule has 0 radical (unpaired) electrons. The fourth-order valence-corrected chi connectivity index (χ4v) is 7.23. The minimum Gasteiger partial charge on any atom is -0.478 e. The smallest absolute Gasteiger partial charge is 0.335 e. The number of carbonyl (C=O) groups excluding carboxylic acids is 1. The number of carboxylic acid groups (broad SMARTS) is 1. The molecule has 2 aromatic carbocycles. The number of benzene rings is 2. The Bertz CT molecular complexity index is 1370. The monoisotopic (exact) mass is 526 g/mol. The Kier molecular flexibility index (Phi) is 6.62. The van der Waals surface area contributed by atoms with Crippen molar-refractivity contribution in [3.05, 3.63) is 71.5 Å². The van der Waals surface area contributed by atoms with Crippen molar-refractivity contribution in [2.45, 2.75) is 36.0 Å². The first-order valence-corrected chi connectivity index (χ1v) is 14.0. The maximum Gasteiger partial charge on any atom is 0.335 e. The van der Waals surface area contributed by atoms with Crippen molar-refractivity contribution in [1.82, 2.24) is 13.7 Å². The van der Waals surface area contributed by atoms with Gasteiger partial charge in [0, 0.05) is 50.6 Å². The lowest BCUT2D eigenvalue weighted by molar-refractivity contribution is -0.121. The summed E-state index contributed by atoms with van der Waals surface area (Å²) in [5.41, 5.74) is 0.652. The van der Waals surface area contributed by atoms with Gasteiger partial charge in [-0.3, -0.25) is 4.79 Å². The number of carboxylic acids is 1. The van der Waals surface area contributed by atoms with Gasteiger partial charge in [0.15, 0.2) is 5.82 Å². The highest BCUT2D eigenvalue weighted by Gasteiger charge is 2.42. The molecule has 2 heterocycles. The number of carbonyl (C=O) groups is 2. The number of aromatic nitrogens is 2. The summed E-state index contributed by atoms with van der Waals surface area (Å²) in [4.78, 5) is 30.2. The number of nitrogens with zero attached hydrogens (tertiary/aromatic N) is 4. The second kappa shape index (κ2) is 9.72. The zero-order valence-corrected chi connectivity index (χ0v) is 21.2. The van der Waals surface area contributed by atoms with Crippen LogP contribution in [0.3, 0.4) is 0 Å². The summed E-state index contributed by atoms with van der Waals surface area (Å²) in [6, 6.07) is 15.5. The zero-order chi connectivity index (χ0) is 25.3. The second-order valence-electron chi connectivity index (χ2n) is 9.11. The quantitative estimate of drug-likeness (QED) is 0.520. The Hall–Kier alpha value is -3.15. The number of Topliss-reactive ketones (excluding diaryl/α,β-unsaturated/α-hetero) is 1. The first-order valence-electron chi connectivity index (χ1n) is 11.8. The summed E-state index contributed by atoms with van der Waals surface area (Å²) in [6.45, 7) is 1.41. The van der Waals surface area contributed by atoms with Crippen LogP contribution in [0.2, 0.25) is 0 Å². The Morgan fingerprint density at radius 2 is 1.67 bits per heavy atom. The molecule has 9 nitrogen and oxygen atoms in total. The van der Waals surface area contributed by atoms with Gasteiger partial charge in [0.25, 0.3) is 0 Å². The standard InChI is InChI=1S/C25H26N4O5S2/c30-20-9-11-25(12-10-20,19-6-2-1-3-7-19)23-26-24(35-27-23)28-13-15-29(16-14-28)36(33,34)21-8-4-5-18(17-21)22(31)32/h1-8,17H,9-16H2,(H,31,32). The molecule has 0 atom stereocenters. The molecule has 188 valence electrons. The van der Waals surface area contributed by atoms with Gasteiger partial charge in [-0.05, 0) is 36.6 Å². The van der Waals surface area contributed by atoms with Gasteiger partial charge in [0.05, 0.1) is 15.9 Å². The topological polar surface area (TPSA) is 121 Å². The Balaban J connectivity index is 1.33. The van der Waals surface area contributed by atoms with Gasteiger partial charge in [-0.25, -0.2) is 18.2 Å². The molecule has 2 aliphatic rings. The molecule has 11 heteroatoms. The van der Waals surface area contributed by atoms with Crippen LogP contribution in [0.25, 0.3) is 0 Å². The Morgan fingerprint density at radius 1 is 0.972 bits per heavy atom. The second-order valence-corrected chi connectivity index (χ2v) is 11.8. The van der Waals surface area contributed by atoms with E-state index in [0.29, 0.717) is 38.8 Å². The summed E-state index contributed by atoms with van der Waals surface area (Å²) < 4.78 is 32.3. The number of sulfonamides is 1. The fourth-order valence-electron chi connectivity index (χ4n) is 4.95. The van der Waals surface area contributed by atoms with Crippen molar-refractivity contribution >= 4 is 38.4 Å². The predicted molar refractivity (Wildman–Crippen MR) is 135 cm³/mol. The highest BCUT2D eigenvalue weighted by molar-refractivity contribution is 7.89. The maximum absolute atomic E-state index is 13.1. The number of hydrogen-bond donors (Lipinski definition) is 1. The number of anilines is 1. The molecule has 36 heavy (non-hydrogen) atoms. The minimum atomic E-state index is -3.81. The summed E-state index contributed by atoms with van der Waals surface area (Å²) in [5.74, 6) is -0.176. The summed E-state index contributed by atoms with van der Waals surface area (Å²) in [6.07, 6.45) is 2.35. The van der Waals surface area contributed by atoms with Crippen LogP contribution >= 0.6 is 11.5 Å². The number of piperazine rings is 1. The van der Waals surface area contributed by atoms with Crippen molar-refractivity contribution in [2.75, 3.05) is 31.1 Å². The van der Waals surface area contributed by atoms with Gasteiger partial charge in [-0.15, -0.1) is 0 Å². The number of aromatic carboxylic acids is 1. The lowest BCUT2D eigenvalue weighted by atomic mass is 9.68. The van der Waals surface area contributed by atoms with E-state index in [1.807, 2.05) is 23.1 Å². The Labute approximate surface area is 213 Å². The molecule has 1 aliphatic heterocycles. The molecule has 1 saturated heterocycles. The summed E-state index contributed by atoms with van der Waals surface area (Å²) in [5, 5.41) is 9.94. The van der Waals surface area contributed by atoms with Gasteiger partial charge in [0.2, 0.25) is 15.2 Å². The summed E-state index contributed by atoms with van der Waals surface area (Å²) in [7, 11) is -3.81. The van der Waals surface area contributed by atoms with Crippen LogP contribution in [0.5, 0.6) is 0 Å². The van der Waals surface area contributed by atoms with Crippen molar-refractivity contribution in [2.24, 2.45) is 0 Å². The van der Waals surface area contributed by atoms with E-state index in [4.69, 9.17) is 9.36 Å². The number of rotatable bonds is 6. The van der Waals surface area contributed by atoms with Gasteiger partial charge >= 0.3 is 5.97 Å². The molecular weight excluding hydrogens is 500 g/mol. The normalized spacial score (nSPS) is 18.8. The third kappa shape index (κ3) is 4.54. The molecule has 0 unspecified atom stereocenters. The largest absolute Gasteiger partial charge is 0.478 e. The molecular formula is C25H26N4O5S2. The van der Waals surface area contributed by atoms with Crippen molar-refractivity contribution in [1.29, 1.82) is 0 Å². The van der Waals surface area contributed by atoms with Crippen molar-refractivity contribution in [3.8, 4) is 0 Å². The third-order valence-corrected chi connectivity index (χ3v) is 9.73. The van der Waals surface area contributed by atoms with E-state index in [9.17, 15) is 23.1 Å². The predicted octanol–water partition coefficient (Wildman–Crippen LogP) is 3.18. The summed E-state index contributed by atoms with van der Waals surface area (Å²) >= 11 is 1.30. The molecule has 2 fully saturated rings. The lowest BCUT2D eigenvalue weighted by Crippen LogP contribution is -2.48. The van der Waals surface area contributed by atoms with Crippen LogP contribution in [0.15, 0.2) is 59.5 Å². The van der Waals surface area contributed by atoms with Crippen molar-refractivity contribution < 1.29 is 23.1 Å². The van der Waals surface area contributed by atoms with Gasteiger partial charge in [0.1, 0.15) is 5.78 Å². The van der Waals surface area contributed by atoms with Crippen LogP contribution in [-0.2, 0) is 20.2 Å². The Morgan fingerprint density at radius 3 is 2.33 bits per heavy atom. The molecule has 1 aliphatic carbocycles. The van der Waals surface area contributed by atoms with E-state index in [0.717, 1.165) is 16.5 Å². The average Bonchev–Trinajstić information content (AvgIpc) is 3.41. The first-order chi connectivity index (χ1) is 17.3. The van der Waals surface area contributed by atoms with Gasteiger partial charge in [-0.2, -0.15) is 8.68 Å². The third-order valence-electron chi connectivity index (χ3n) is 7.06. The molecule has 0 spiro atoms. The molecule has 1 saturated carbocycles. The van der Waals surface area contributed by atoms with Crippen LogP contribution < -0.4 is 4.90 Å². The molecule has 5 rings (SSSR count). The average molecular weight is 527 g/mol. The lowest BCUT2D eigenvalue weighted by Gasteiger charge is -2.35. The molecule has 3 aromatic rings. The first kappa shape index (κ1) is 24.5. The van der Waals surface area contributed by atoms with Crippen molar-refractivity contribution in [3.63, 3.8) is 0 Å². The zero-order valence-electron chi connectivity index (χ0n) is 19.5. The van der Waals surface area contributed by atoms with Gasteiger partial charge in [-0.1, -0.05) is 36.4 Å².